The van der Waals surface area contributed by atoms with Crippen molar-refractivity contribution in [2.24, 2.45) is 0 Å². The van der Waals surface area contributed by atoms with Crippen molar-refractivity contribution in [2.45, 2.75) is 33.4 Å². The third-order valence-electron chi connectivity index (χ3n) is 3.27. The summed E-state index contributed by atoms with van der Waals surface area (Å²) in [6, 6.07) is 7.90. The highest BCUT2D eigenvalue weighted by Gasteiger charge is 2.06. The van der Waals surface area contributed by atoms with Crippen molar-refractivity contribution in [3.63, 3.8) is 0 Å². The van der Waals surface area contributed by atoms with E-state index in [1.165, 1.54) is 5.69 Å². The molecule has 0 aliphatic rings. The molecular weight excluding hydrogens is 330 g/mol. The second-order valence-corrected chi connectivity index (χ2v) is 5.84. The molecule has 1 aromatic heterocycles. The van der Waals surface area contributed by atoms with Crippen LogP contribution in [0.25, 0.3) is 0 Å². The van der Waals surface area contributed by atoms with Crippen LogP contribution >= 0.6 is 15.9 Å². The molecule has 0 atom stereocenters. The molecule has 0 aliphatic carbocycles. The van der Waals surface area contributed by atoms with Crippen LogP contribution < -0.4 is 10.1 Å². The summed E-state index contributed by atoms with van der Waals surface area (Å²) in [5.41, 5.74) is 1.21. The van der Waals surface area contributed by atoms with Gasteiger partial charge in [0.25, 0.3) is 0 Å². The first-order valence-electron chi connectivity index (χ1n) is 7.30. The second kappa shape index (κ2) is 8.20. The highest BCUT2D eigenvalue weighted by molar-refractivity contribution is 9.10. The van der Waals surface area contributed by atoms with E-state index in [9.17, 15) is 0 Å². The van der Waals surface area contributed by atoms with Gasteiger partial charge in [0.05, 0.1) is 12.2 Å². The summed E-state index contributed by atoms with van der Waals surface area (Å²) in [6.45, 7) is 7.53. The number of halogens is 1. The quantitative estimate of drug-likeness (QED) is 0.739. The number of rotatable bonds is 8. The Balaban J connectivity index is 1.87. The molecule has 114 valence electrons. The Morgan fingerprint density at radius 1 is 1.29 bits per heavy atom. The van der Waals surface area contributed by atoms with Gasteiger partial charge in [0.1, 0.15) is 18.2 Å². The summed E-state index contributed by atoms with van der Waals surface area (Å²) in [6.07, 6.45) is 3.08. The molecule has 1 aromatic carbocycles. The van der Waals surface area contributed by atoms with Crippen LogP contribution in [0.1, 0.15) is 24.9 Å². The summed E-state index contributed by atoms with van der Waals surface area (Å²) in [4.78, 5) is 4.39. The van der Waals surface area contributed by atoms with Crippen molar-refractivity contribution >= 4 is 15.9 Å². The van der Waals surface area contributed by atoms with Gasteiger partial charge in [-0.25, -0.2) is 4.98 Å². The fraction of sp³-hybridized carbons (Fsp3) is 0.438. The zero-order valence-corrected chi connectivity index (χ0v) is 14.2. The minimum absolute atomic E-state index is 0.639. The van der Waals surface area contributed by atoms with Gasteiger partial charge in [0.15, 0.2) is 0 Å². The third-order valence-corrected chi connectivity index (χ3v) is 3.80. The van der Waals surface area contributed by atoms with Crippen LogP contribution in [-0.4, -0.2) is 22.7 Å². The summed E-state index contributed by atoms with van der Waals surface area (Å²) in [7, 11) is 0. The van der Waals surface area contributed by atoms with Gasteiger partial charge in [0, 0.05) is 17.2 Å². The van der Waals surface area contributed by atoms with Gasteiger partial charge in [-0.15, -0.1) is 0 Å². The fourth-order valence-corrected chi connectivity index (χ4v) is 2.40. The third kappa shape index (κ3) is 4.86. The number of nitrogens with one attached hydrogen (secondary N) is 1. The lowest BCUT2D eigenvalue weighted by atomic mass is 10.3. The standard InChI is InChI=1S/C16H22BrN3O/c1-3-8-18-11-15-12-19-13(2)20(15)9-10-21-16-6-4-14(17)5-7-16/h4-7,12,18H,3,8-11H2,1-2H3. The molecule has 0 fully saturated rings. The predicted molar refractivity (Wildman–Crippen MR) is 88.6 cm³/mol. The van der Waals surface area contributed by atoms with E-state index in [0.29, 0.717) is 6.61 Å². The van der Waals surface area contributed by atoms with Gasteiger partial charge >= 0.3 is 0 Å². The number of hydrogen-bond donors (Lipinski definition) is 1. The number of imidazole rings is 1. The van der Waals surface area contributed by atoms with Crippen LogP contribution in [-0.2, 0) is 13.1 Å². The molecule has 2 aromatic rings. The van der Waals surface area contributed by atoms with Crippen molar-refractivity contribution in [1.29, 1.82) is 0 Å². The predicted octanol–water partition coefficient (Wildman–Crippen LogP) is 3.53. The molecule has 21 heavy (non-hydrogen) atoms. The Labute approximate surface area is 134 Å². The van der Waals surface area contributed by atoms with Crippen LogP contribution in [0.2, 0.25) is 0 Å². The fourth-order valence-electron chi connectivity index (χ4n) is 2.14. The van der Waals surface area contributed by atoms with Gasteiger partial charge < -0.3 is 14.6 Å². The summed E-state index contributed by atoms with van der Waals surface area (Å²) >= 11 is 3.42. The van der Waals surface area contributed by atoms with E-state index in [1.807, 2.05) is 37.4 Å². The zero-order valence-electron chi connectivity index (χ0n) is 12.6. The van der Waals surface area contributed by atoms with Crippen molar-refractivity contribution < 1.29 is 4.74 Å². The molecule has 1 heterocycles. The second-order valence-electron chi connectivity index (χ2n) is 4.93. The zero-order chi connectivity index (χ0) is 15.1. The number of aromatic nitrogens is 2. The lowest BCUT2D eigenvalue weighted by Crippen LogP contribution is -2.19. The Kier molecular flexibility index (Phi) is 6.26. The van der Waals surface area contributed by atoms with Crippen molar-refractivity contribution in [3.8, 4) is 5.75 Å². The lowest BCUT2D eigenvalue weighted by molar-refractivity contribution is 0.294. The average molecular weight is 352 g/mol. The number of aryl methyl sites for hydroxylation is 1. The molecule has 0 unspecified atom stereocenters. The molecule has 0 radical (unpaired) electrons. The monoisotopic (exact) mass is 351 g/mol. The van der Waals surface area contributed by atoms with Gasteiger partial charge in [-0.05, 0) is 44.2 Å². The van der Waals surface area contributed by atoms with Crippen LogP contribution in [0.4, 0.5) is 0 Å². The maximum absolute atomic E-state index is 5.78. The molecule has 0 saturated carbocycles. The van der Waals surface area contributed by atoms with Crippen LogP contribution in [0, 0.1) is 6.92 Å². The molecule has 0 amide bonds. The van der Waals surface area contributed by atoms with E-state index in [0.717, 1.165) is 42.1 Å². The number of ether oxygens (including phenoxy) is 1. The molecule has 0 saturated heterocycles. The smallest absolute Gasteiger partial charge is 0.119 e. The highest BCUT2D eigenvalue weighted by atomic mass is 79.9. The van der Waals surface area contributed by atoms with Crippen molar-refractivity contribution in [1.82, 2.24) is 14.9 Å². The van der Waals surface area contributed by atoms with E-state index >= 15 is 0 Å². The molecule has 0 bridgehead atoms. The first-order valence-corrected chi connectivity index (χ1v) is 8.10. The molecule has 1 N–H and O–H groups in total. The van der Waals surface area contributed by atoms with Crippen LogP contribution in [0.5, 0.6) is 5.75 Å². The van der Waals surface area contributed by atoms with E-state index in [1.54, 1.807) is 0 Å². The van der Waals surface area contributed by atoms with Crippen molar-refractivity contribution in [2.75, 3.05) is 13.2 Å². The molecule has 5 heteroatoms. The first-order chi connectivity index (χ1) is 10.2. The minimum atomic E-state index is 0.639. The van der Waals surface area contributed by atoms with E-state index in [-0.39, 0.29) is 0 Å². The maximum atomic E-state index is 5.78. The number of hydrogen-bond acceptors (Lipinski definition) is 3. The summed E-state index contributed by atoms with van der Waals surface area (Å²) in [5, 5.41) is 3.41. The van der Waals surface area contributed by atoms with Crippen LogP contribution in [0.15, 0.2) is 34.9 Å². The van der Waals surface area contributed by atoms with Gasteiger partial charge in [-0.2, -0.15) is 0 Å². The molecule has 0 aliphatic heterocycles. The topological polar surface area (TPSA) is 39.1 Å². The molecule has 0 spiro atoms. The summed E-state index contributed by atoms with van der Waals surface area (Å²) < 4.78 is 9.05. The molecule has 4 nitrogen and oxygen atoms in total. The minimum Gasteiger partial charge on any atom is -0.492 e. The SMILES string of the molecule is CCCNCc1cnc(C)n1CCOc1ccc(Br)cc1. The highest BCUT2D eigenvalue weighted by Crippen LogP contribution is 2.16. The van der Waals surface area contributed by atoms with Crippen molar-refractivity contribution in [3.05, 3.63) is 46.5 Å². The first kappa shape index (κ1) is 16.0. The Morgan fingerprint density at radius 2 is 2.05 bits per heavy atom. The Bertz CT molecular complexity index is 551. The largest absolute Gasteiger partial charge is 0.492 e. The van der Waals surface area contributed by atoms with Gasteiger partial charge in [-0.3, -0.25) is 0 Å². The Morgan fingerprint density at radius 3 is 2.76 bits per heavy atom. The normalized spacial score (nSPS) is 10.8. The number of benzene rings is 1. The summed E-state index contributed by atoms with van der Waals surface area (Å²) in [5.74, 6) is 1.92. The van der Waals surface area contributed by atoms with Crippen LogP contribution in [0.3, 0.4) is 0 Å². The maximum Gasteiger partial charge on any atom is 0.119 e. The van der Waals surface area contributed by atoms with E-state index in [2.05, 4.69) is 37.7 Å². The Hall–Kier alpha value is -1.33. The molecular formula is C16H22BrN3O. The lowest BCUT2D eigenvalue weighted by Gasteiger charge is -2.12. The number of nitrogens with zero attached hydrogens (tertiary/aromatic N) is 2. The van der Waals surface area contributed by atoms with Gasteiger partial charge in [-0.1, -0.05) is 22.9 Å². The van der Waals surface area contributed by atoms with E-state index in [4.69, 9.17) is 4.74 Å². The average Bonchev–Trinajstić information content (AvgIpc) is 2.83. The molecule has 2 rings (SSSR count). The van der Waals surface area contributed by atoms with E-state index < -0.39 is 0 Å². The van der Waals surface area contributed by atoms with Gasteiger partial charge in [0.2, 0.25) is 0 Å².